The largest absolute Gasteiger partial charge is 0.349 e. The molecule has 0 aliphatic heterocycles. The van der Waals surface area contributed by atoms with Crippen molar-refractivity contribution < 1.29 is 18.0 Å². The summed E-state index contributed by atoms with van der Waals surface area (Å²) in [6.45, 7) is 1.78. The van der Waals surface area contributed by atoms with Crippen LogP contribution in [0.2, 0.25) is 5.02 Å². The first-order valence-corrected chi connectivity index (χ1v) is 12.8. The van der Waals surface area contributed by atoms with Gasteiger partial charge in [-0.25, -0.2) is 8.42 Å². The van der Waals surface area contributed by atoms with Crippen LogP contribution in [0.15, 0.2) is 42.5 Å². The van der Waals surface area contributed by atoms with Gasteiger partial charge in [-0.15, -0.1) is 0 Å². The van der Waals surface area contributed by atoms with Crippen molar-refractivity contribution in [3.8, 4) is 0 Å². The molecule has 0 bridgehead atoms. The van der Waals surface area contributed by atoms with Crippen molar-refractivity contribution in [3.05, 3.63) is 58.6 Å². The molecular weight excluding hydrogens is 450 g/mol. The van der Waals surface area contributed by atoms with E-state index in [2.05, 4.69) is 15.4 Å². The first-order valence-electron chi connectivity index (χ1n) is 10.8. The zero-order valence-corrected chi connectivity index (χ0v) is 19.6. The van der Waals surface area contributed by atoms with Crippen molar-refractivity contribution in [1.82, 2.24) is 5.32 Å². The number of carbonyl (C=O) groups is 2. The van der Waals surface area contributed by atoms with Gasteiger partial charge in [-0.3, -0.25) is 14.3 Å². The van der Waals surface area contributed by atoms with E-state index in [1.165, 1.54) is 12.5 Å². The number of benzene rings is 2. The Bertz CT molecular complexity index is 1080. The van der Waals surface area contributed by atoms with Crippen molar-refractivity contribution in [2.45, 2.75) is 51.5 Å². The molecule has 0 aromatic heterocycles. The molecule has 7 nitrogen and oxygen atoms in total. The highest BCUT2D eigenvalue weighted by Gasteiger charge is 2.19. The predicted octanol–water partition coefficient (Wildman–Crippen LogP) is 4.81. The number of anilines is 2. The minimum absolute atomic E-state index is 0.000102. The van der Waals surface area contributed by atoms with Gasteiger partial charge in [-0.05, 0) is 55.7 Å². The minimum atomic E-state index is -3.46. The summed E-state index contributed by atoms with van der Waals surface area (Å²) < 4.78 is 26.4. The average Bonchev–Trinajstić information content (AvgIpc) is 2.75. The molecule has 2 amide bonds. The zero-order valence-electron chi connectivity index (χ0n) is 18.0. The monoisotopic (exact) mass is 477 g/mol. The van der Waals surface area contributed by atoms with E-state index in [0.717, 1.165) is 25.7 Å². The van der Waals surface area contributed by atoms with Crippen LogP contribution in [0.1, 0.15) is 66.2 Å². The van der Waals surface area contributed by atoms with Crippen LogP contribution in [0.25, 0.3) is 0 Å². The summed E-state index contributed by atoms with van der Waals surface area (Å²) in [6.07, 6.45) is 5.79. The Morgan fingerprint density at radius 1 is 1.00 bits per heavy atom. The van der Waals surface area contributed by atoms with E-state index in [4.69, 9.17) is 11.6 Å². The maximum absolute atomic E-state index is 12.7. The summed E-state index contributed by atoms with van der Waals surface area (Å²) in [6, 6.07) is 11.1. The van der Waals surface area contributed by atoms with Crippen LogP contribution in [0, 0.1) is 0 Å². The second-order valence-corrected chi connectivity index (χ2v) is 10.2. The number of halogens is 1. The molecule has 172 valence electrons. The van der Waals surface area contributed by atoms with E-state index in [1.807, 2.05) is 0 Å². The Hall–Kier alpha value is -2.58. The summed E-state index contributed by atoms with van der Waals surface area (Å²) in [4.78, 5) is 25.4. The third-order valence-electron chi connectivity index (χ3n) is 5.28. The molecular formula is C23H28ClN3O4S. The molecule has 1 aliphatic carbocycles. The smallest absolute Gasteiger partial charge is 0.255 e. The molecule has 0 spiro atoms. The molecule has 2 aromatic rings. The fourth-order valence-electron chi connectivity index (χ4n) is 3.71. The standard InChI is InChI=1S/C23H28ClN3O4S/c1-2-13-32(30,31)27-19-10-6-7-16(14-19)22(28)26-18-11-12-21(24)20(15-18)23(29)25-17-8-4-3-5-9-17/h6-7,10-12,14-15,17,27H,2-5,8-9,13H2,1H3,(H,25,29)(H,26,28). The molecule has 32 heavy (non-hydrogen) atoms. The van der Waals surface area contributed by atoms with Gasteiger partial charge in [-0.2, -0.15) is 0 Å². The molecule has 1 saturated carbocycles. The normalized spacial score (nSPS) is 14.6. The van der Waals surface area contributed by atoms with E-state index >= 15 is 0 Å². The van der Waals surface area contributed by atoms with E-state index in [-0.39, 0.29) is 23.3 Å². The van der Waals surface area contributed by atoms with E-state index < -0.39 is 15.9 Å². The van der Waals surface area contributed by atoms with Crippen molar-refractivity contribution in [2.24, 2.45) is 0 Å². The highest BCUT2D eigenvalue weighted by molar-refractivity contribution is 7.92. The lowest BCUT2D eigenvalue weighted by atomic mass is 9.95. The number of sulfonamides is 1. The highest BCUT2D eigenvalue weighted by atomic mass is 35.5. The summed E-state index contributed by atoms with van der Waals surface area (Å²) in [5, 5.41) is 6.08. The Labute approximate surface area is 194 Å². The number of rotatable bonds is 8. The van der Waals surface area contributed by atoms with Gasteiger partial charge in [0.1, 0.15) is 0 Å². The fourth-order valence-corrected chi connectivity index (χ4v) is 5.04. The van der Waals surface area contributed by atoms with E-state index in [1.54, 1.807) is 43.3 Å². The van der Waals surface area contributed by atoms with Gasteiger partial charge in [0.25, 0.3) is 11.8 Å². The summed E-state index contributed by atoms with van der Waals surface area (Å²) >= 11 is 6.23. The molecule has 0 unspecified atom stereocenters. The van der Waals surface area contributed by atoms with Crippen LogP contribution in [0.3, 0.4) is 0 Å². The van der Waals surface area contributed by atoms with Gasteiger partial charge < -0.3 is 10.6 Å². The van der Waals surface area contributed by atoms with Gasteiger partial charge in [0.2, 0.25) is 10.0 Å². The average molecular weight is 478 g/mol. The van der Waals surface area contributed by atoms with E-state index in [9.17, 15) is 18.0 Å². The van der Waals surface area contributed by atoms with Crippen molar-refractivity contribution in [2.75, 3.05) is 15.8 Å². The second-order valence-electron chi connectivity index (χ2n) is 7.96. The minimum Gasteiger partial charge on any atom is -0.349 e. The number of carbonyl (C=O) groups excluding carboxylic acids is 2. The van der Waals surface area contributed by atoms with Crippen LogP contribution in [0.5, 0.6) is 0 Å². The van der Waals surface area contributed by atoms with Crippen LogP contribution >= 0.6 is 11.6 Å². The van der Waals surface area contributed by atoms with Gasteiger partial charge in [0, 0.05) is 23.0 Å². The third-order valence-corrected chi connectivity index (χ3v) is 7.10. The number of hydrogen-bond donors (Lipinski definition) is 3. The fraction of sp³-hybridized carbons (Fsp3) is 0.391. The SMILES string of the molecule is CCCS(=O)(=O)Nc1cccc(C(=O)Nc2ccc(Cl)c(C(=O)NC3CCCCC3)c2)c1. The Kier molecular flexibility index (Phi) is 8.15. The zero-order chi connectivity index (χ0) is 23.1. The second kappa shape index (κ2) is 10.8. The van der Waals surface area contributed by atoms with Crippen LogP contribution < -0.4 is 15.4 Å². The molecule has 1 fully saturated rings. The van der Waals surface area contributed by atoms with Crippen molar-refractivity contribution in [1.29, 1.82) is 0 Å². The maximum Gasteiger partial charge on any atom is 0.255 e. The van der Waals surface area contributed by atoms with Crippen LogP contribution in [-0.4, -0.2) is 32.0 Å². The third kappa shape index (κ3) is 6.71. The number of nitrogens with one attached hydrogen (secondary N) is 3. The van der Waals surface area contributed by atoms with Gasteiger partial charge in [-0.1, -0.05) is 43.9 Å². The lowest BCUT2D eigenvalue weighted by Gasteiger charge is -2.23. The molecule has 0 atom stereocenters. The van der Waals surface area contributed by atoms with Crippen molar-refractivity contribution in [3.63, 3.8) is 0 Å². The van der Waals surface area contributed by atoms with Crippen LogP contribution in [0.4, 0.5) is 11.4 Å². The quantitative estimate of drug-likeness (QED) is 0.507. The lowest BCUT2D eigenvalue weighted by molar-refractivity contribution is 0.0926. The molecule has 0 heterocycles. The van der Waals surface area contributed by atoms with Crippen LogP contribution in [-0.2, 0) is 10.0 Å². The molecule has 0 radical (unpaired) electrons. The molecule has 3 N–H and O–H groups in total. The number of amides is 2. The Balaban J connectivity index is 1.70. The van der Waals surface area contributed by atoms with Gasteiger partial charge in [0.15, 0.2) is 0 Å². The molecule has 3 rings (SSSR count). The maximum atomic E-state index is 12.7. The molecule has 1 aliphatic rings. The topological polar surface area (TPSA) is 104 Å². The summed E-state index contributed by atoms with van der Waals surface area (Å²) in [7, 11) is -3.46. The predicted molar refractivity (Wildman–Crippen MR) is 128 cm³/mol. The first-order chi connectivity index (χ1) is 15.3. The van der Waals surface area contributed by atoms with Gasteiger partial charge >= 0.3 is 0 Å². The molecule has 9 heteroatoms. The Morgan fingerprint density at radius 3 is 2.47 bits per heavy atom. The highest BCUT2D eigenvalue weighted by Crippen LogP contribution is 2.23. The lowest BCUT2D eigenvalue weighted by Crippen LogP contribution is -2.36. The summed E-state index contributed by atoms with van der Waals surface area (Å²) in [5.74, 6) is -0.687. The first kappa shape index (κ1) is 24.1. The summed E-state index contributed by atoms with van der Waals surface area (Å²) in [5.41, 5.74) is 1.32. The van der Waals surface area contributed by atoms with Crippen molar-refractivity contribution >= 4 is 44.8 Å². The Morgan fingerprint density at radius 2 is 1.75 bits per heavy atom. The molecule has 2 aromatic carbocycles. The number of hydrogen-bond acceptors (Lipinski definition) is 4. The molecule has 0 saturated heterocycles. The van der Waals surface area contributed by atoms with E-state index in [0.29, 0.717) is 28.4 Å². The van der Waals surface area contributed by atoms with Gasteiger partial charge in [0.05, 0.1) is 16.3 Å².